The first-order valence-electron chi connectivity index (χ1n) is 9.70. The summed E-state index contributed by atoms with van der Waals surface area (Å²) in [5.41, 5.74) is 1.64. The van der Waals surface area contributed by atoms with E-state index in [2.05, 4.69) is 9.71 Å². The van der Waals surface area contributed by atoms with Gasteiger partial charge in [-0.1, -0.05) is 0 Å². The zero-order valence-corrected chi connectivity index (χ0v) is 17.9. The lowest BCUT2D eigenvalue weighted by atomic mass is 10.1. The highest BCUT2D eigenvalue weighted by atomic mass is 32.2. The second-order valence-corrected chi connectivity index (χ2v) is 8.87. The van der Waals surface area contributed by atoms with Gasteiger partial charge < -0.3 is 13.6 Å². The summed E-state index contributed by atoms with van der Waals surface area (Å²) in [5, 5.41) is 0.401. The number of nitrogens with one attached hydrogen (secondary N) is 2. The summed E-state index contributed by atoms with van der Waals surface area (Å²) < 4.78 is 43.9. The molecule has 5 aromatic rings. The molecule has 0 atom stereocenters. The Morgan fingerprint density at radius 1 is 0.879 bits per heavy atom. The van der Waals surface area contributed by atoms with E-state index in [1.54, 1.807) is 42.5 Å². The number of ether oxygens (including phenoxy) is 1. The van der Waals surface area contributed by atoms with Crippen LogP contribution < -0.4 is 20.6 Å². The normalized spacial score (nSPS) is 11.7. The molecule has 0 amide bonds. The molecule has 0 bridgehead atoms. The quantitative estimate of drug-likeness (QED) is 0.405. The zero-order valence-electron chi connectivity index (χ0n) is 17.1. The van der Waals surface area contributed by atoms with Gasteiger partial charge in [0.1, 0.15) is 17.1 Å². The number of hydrogen-bond donors (Lipinski definition) is 2. The van der Waals surface area contributed by atoms with Crippen LogP contribution >= 0.6 is 0 Å². The van der Waals surface area contributed by atoms with Crippen LogP contribution in [-0.2, 0) is 10.0 Å². The molecular weight excluding hydrogens is 448 g/mol. The summed E-state index contributed by atoms with van der Waals surface area (Å²) in [6, 6.07) is 16.8. The Hall–Kier alpha value is -4.31. The molecule has 5 rings (SSSR count). The smallest absolute Gasteiger partial charge is 0.417 e. The van der Waals surface area contributed by atoms with Crippen LogP contribution in [0.5, 0.6) is 5.75 Å². The molecule has 2 aromatic heterocycles. The molecule has 0 spiro atoms. The predicted molar refractivity (Wildman–Crippen MR) is 122 cm³/mol. The maximum Gasteiger partial charge on any atom is 0.417 e. The van der Waals surface area contributed by atoms with Crippen molar-refractivity contribution < 1.29 is 22.0 Å². The number of sulfonamides is 1. The number of anilines is 1. The molecule has 0 aliphatic heterocycles. The fourth-order valence-corrected chi connectivity index (χ4v) is 4.49. The number of fused-ring (bicyclic) bond motifs is 2. The maximum absolute atomic E-state index is 12.7. The van der Waals surface area contributed by atoms with Crippen LogP contribution in [0.25, 0.3) is 33.4 Å². The first-order valence-corrected chi connectivity index (χ1v) is 11.2. The predicted octanol–water partition coefficient (Wildman–Crippen LogP) is 3.70. The number of benzene rings is 3. The lowest BCUT2D eigenvalue weighted by Gasteiger charge is -2.09. The first kappa shape index (κ1) is 20.6. The van der Waals surface area contributed by atoms with Crippen LogP contribution in [-0.4, -0.2) is 20.5 Å². The third-order valence-electron chi connectivity index (χ3n) is 5.06. The average Bonchev–Trinajstić information content (AvgIpc) is 3.18. The average molecular weight is 464 g/mol. The van der Waals surface area contributed by atoms with E-state index in [1.807, 2.05) is 0 Å². The second kappa shape index (κ2) is 7.68. The van der Waals surface area contributed by atoms with Crippen molar-refractivity contribution >= 4 is 37.8 Å². The van der Waals surface area contributed by atoms with E-state index in [0.717, 1.165) is 0 Å². The molecule has 0 fully saturated rings. The molecule has 33 heavy (non-hydrogen) atoms. The summed E-state index contributed by atoms with van der Waals surface area (Å²) in [6.45, 7) is 0. The van der Waals surface area contributed by atoms with Crippen molar-refractivity contribution in [2.75, 3.05) is 11.8 Å². The minimum atomic E-state index is -3.93. The van der Waals surface area contributed by atoms with Crippen molar-refractivity contribution in [3.63, 3.8) is 0 Å². The van der Waals surface area contributed by atoms with Crippen LogP contribution in [0.2, 0.25) is 0 Å². The van der Waals surface area contributed by atoms with Gasteiger partial charge in [0.05, 0.1) is 22.9 Å². The minimum Gasteiger partial charge on any atom is -0.497 e. The monoisotopic (exact) mass is 464 g/mol. The Kier molecular flexibility index (Phi) is 4.79. The van der Waals surface area contributed by atoms with Crippen molar-refractivity contribution in [1.82, 2.24) is 4.98 Å². The van der Waals surface area contributed by atoms with Gasteiger partial charge in [0, 0.05) is 23.4 Å². The standard InChI is InChI=1S/C23H16N2O7S/c1-30-15-6-9-20-17(10-15)19(26)12-21(31-20)13-2-4-14(5-3-13)25-33(28,29)16-7-8-18-22(11-16)32-23(27)24-18/h2-12,25H,1H3,(H,24,27). The minimum absolute atomic E-state index is 0.0576. The number of methoxy groups -OCH3 is 1. The Bertz CT molecular complexity index is 1730. The largest absolute Gasteiger partial charge is 0.497 e. The van der Waals surface area contributed by atoms with Crippen molar-refractivity contribution in [1.29, 1.82) is 0 Å². The Morgan fingerprint density at radius 2 is 1.67 bits per heavy atom. The Balaban J connectivity index is 1.43. The molecular formula is C23H16N2O7S. The van der Waals surface area contributed by atoms with Crippen molar-refractivity contribution in [2.45, 2.75) is 4.90 Å². The molecule has 166 valence electrons. The number of rotatable bonds is 5. The van der Waals surface area contributed by atoms with E-state index in [9.17, 15) is 18.0 Å². The van der Waals surface area contributed by atoms with E-state index in [1.165, 1.54) is 31.4 Å². The first-order chi connectivity index (χ1) is 15.8. The lowest BCUT2D eigenvalue weighted by Crippen LogP contribution is -2.12. The summed E-state index contributed by atoms with van der Waals surface area (Å²) in [7, 11) is -2.41. The topological polar surface area (TPSA) is 132 Å². The third kappa shape index (κ3) is 3.87. The number of oxazole rings is 1. The number of hydrogen-bond acceptors (Lipinski definition) is 7. The molecule has 0 unspecified atom stereocenters. The van der Waals surface area contributed by atoms with Gasteiger partial charge in [-0.2, -0.15) is 0 Å². The molecule has 0 saturated carbocycles. The van der Waals surface area contributed by atoms with Gasteiger partial charge in [0.2, 0.25) is 0 Å². The van der Waals surface area contributed by atoms with Gasteiger partial charge in [-0.3, -0.25) is 14.5 Å². The molecule has 2 heterocycles. The number of aromatic nitrogens is 1. The SMILES string of the molecule is COc1ccc2oc(-c3ccc(NS(=O)(=O)c4ccc5[nH]c(=O)oc5c4)cc3)cc(=O)c2c1. The molecule has 10 heteroatoms. The molecule has 0 saturated heterocycles. The van der Waals surface area contributed by atoms with Gasteiger partial charge in [-0.25, -0.2) is 13.2 Å². The van der Waals surface area contributed by atoms with Gasteiger partial charge >= 0.3 is 5.76 Å². The van der Waals surface area contributed by atoms with Crippen molar-refractivity contribution in [3.05, 3.63) is 87.5 Å². The molecule has 2 N–H and O–H groups in total. The maximum atomic E-state index is 12.7. The van der Waals surface area contributed by atoms with Gasteiger partial charge in [0.15, 0.2) is 11.0 Å². The highest BCUT2D eigenvalue weighted by Crippen LogP contribution is 2.26. The van der Waals surface area contributed by atoms with Crippen molar-refractivity contribution in [3.8, 4) is 17.1 Å². The van der Waals surface area contributed by atoms with E-state index in [0.29, 0.717) is 39.2 Å². The summed E-state index contributed by atoms with van der Waals surface area (Å²) in [5.74, 6) is 0.236. The zero-order chi connectivity index (χ0) is 23.2. The van der Waals surface area contributed by atoms with Gasteiger partial charge in [0.25, 0.3) is 10.0 Å². The van der Waals surface area contributed by atoms with E-state index >= 15 is 0 Å². The van der Waals surface area contributed by atoms with E-state index in [4.69, 9.17) is 13.6 Å². The van der Waals surface area contributed by atoms with Crippen LogP contribution in [0.1, 0.15) is 0 Å². The van der Waals surface area contributed by atoms with Gasteiger partial charge in [-0.05, 0) is 54.6 Å². The highest BCUT2D eigenvalue weighted by Gasteiger charge is 2.17. The summed E-state index contributed by atoms with van der Waals surface area (Å²) in [4.78, 5) is 26.2. The lowest BCUT2D eigenvalue weighted by molar-refractivity contribution is 0.415. The number of H-pyrrole nitrogens is 1. The fourth-order valence-electron chi connectivity index (χ4n) is 3.41. The van der Waals surface area contributed by atoms with E-state index in [-0.39, 0.29) is 15.9 Å². The molecule has 0 aliphatic rings. The van der Waals surface area contributed by atoms with Gasteiger partial charge in [-0.15, -0.1) is 0 Å². The molecule has 0 radical (unpaired) electrons. The molecule has 3 aromatic carbocycles. The van der Waals surface area contributed by atoms with Crippen LogP contribution in [0, 0.1) is 0 Å². The molecule has 0 aliphatic carbocycles. The van der Waals surface area contributed by atoms with Crippen LogP contribution in [0.15, 0.2) is 90.0 Å². The Labute approximate surface area is 186 Å². The van der Waals surface area contributed by atoms with Crippen LogP contribution in [0.4, 0.5) is 5.69 Å². The van der Waals surface area contributed by atoms with Crippen molar-refractivity contribution in [2.24, 2.45) is 0 Å². The van der Waals surface area contributed by atoms with Crippen LogP contribution in [0.3, 0.4) is 0 Å². The van der Waals surface area contributed by atoms with E-state index < -0.39 is 15.8 Å². The highest BCUT2D eigenvalue weighted by molar-refractivity contribution is 7.92. The number of aromatic amines is 1. The second-order valence-electron chi connectivity index (χ2n) is 7.19. The summed E-state index contributed by atoms with van der Waals surface area (Å²) >= 11 is 0. The Morgan fingerprint density at radius 3 is 2.42 bits per heavy atom. The fraction of sp³-hybridized carbons (Fsp3) is 0.0435. The molecule has 9 nitrogen and oxygen atoms in total. The third-order valence-corrected chi connectivity index (χ3v) is 6.44. The summed E-state index contributed by atoms with van der Waals surface area (Å²) in [6.07, 6.45) is 0.